The highest BCUT2D eigenvalue weighted by atomic mass is 32.2. The van der Waals surface area contributed by atoms with E-state index in [4.69, 9.17) is 4.74 Å². The molecule has 2 heterocycles. The molecule has 1 atom stereocenters. The normalized spacial score (nSPS) is 21.2. The van der Waals surface area contributed by atoms with Crippen molar-refractivity contribution in [3.8, 4) is 0 Å². The van der Waals surface area contributed by atoms with Gasteiger partial charge in [0.2, 0.25) is 10.0 Å². The van der Waals surface area contributed by atoms with Gasteiger partial charge in [0.25, 0.3) is 0 Å². The number of carbonyl (C=O) groups excluding carboxylic acids is 1. The molecule has 0 amide bonds. The number of esters is 1. The van der Waals surface area contributed by atoms with E-state index in [2.05, 4.69) is 10.2 Å². The molecule has 1 aromatic heterocycles. The first-order chi connectivity index (χ1) is 9.05. The van der Waals surface area contributed by atoms with E-state index in [0.29, 0.717) is 26.0 Å². The molecule has 0 radical (unpaired) electrons. The molecule has 1 aliphatic heterocycles. The number of ether oxygens (including phenoxy) is 1. The van der Waals surface area contributed by atoms with Crippen molar-refractivity contribution in [1.29, 1.82) is 0 Å². The Morgan fingerprint density at radius 2 is 2.42 bits per heavy atom. The van der Waals surface area contributed by atoms with Gasteiger partial charge in [-0.2, -0.15) is 9.40 Å². The van der Waals surface area contributed by atoms with Crippen molar-refractivity contribution < 1.29 is 17.9 Å². The van der Waals surface area contributed by atoms with Gasteiger partial charge in [0.15, 0.2) is 0 Å². The molecule has 106 valence electrons. The number of nitrogens with zero attached hydrogens (tertiary/aromatic N) is 2. The average Bonchev–Trinajstić information content (AvgIpc) is 2.94. The second-order valence-corrected chi connectivity index (χ2v) is 6.33. The van der Waals surface area contributed by atoms with E-state index in [9.17, 15) is 13.2 Å². The van der Waals surface area contributed by atoms with Gasteiger partial charge in [-0.25, -0.2) is 8.42 Å². The number of hydrogen-bond acceptors (Lipinski definition) is 5. The minimum Gasteiger partial charge on any atom is -0.466 e. The quantitative estimate of drug-likeness (QED) is 0.808. The van der Waals surface area contributed by atoms with Crippen molar-refractivity contribution in [3.05, 3.63) is 12.4 Å². The van der Waals surface area contributed by atoms with Gasteiger partial charge in [0.1, 0.15) is 4.90 Å². The first kappa shape index (κ1) is 14.0. The van der Waals surface area contributed by atoms with Crippen molar-refractivity contribution in [1.82, 2.24) is 14.5 Å². The Balaban J connectivity index is 2.11. The molecule has 8 heteroatoms. The summed E-state index contributed by atoms with van der Waals surface area (Å²) < 4.78 is 30.9. The minimum atomic E-state index is -3.57. The molecule has 0 aromatic carbocycles. The Kier molecular flexibility index (Phi) is 4.20. The molecule has 1 N–H and O–H groups in total. The zero-order valence-electron chi connectivity index (χ0n) is 10.7. The second-order valence-electron chi connectivity index (χ2n) is 4.39. The van der Waals surface area contributed by atoms with Gasteiger partial charge < -0.3 is 4.74 Å². The molecule has 0 saturated carbocycles. The number of hydrogen-bond donors (Lipinski definition) is 1. The topological polar surface area (TPSA) is 92.4 Å². The minimum absolute atomic E-state index is 0.122. The van der Waals surface area contributed by atoms with Crippen LogP contribution in [0.3, 0.4) is 0 Å². The first-order valence-corrected chi connectivity index (χ1v) is 7.65. The number of sulfonamides is 1. The van der Waals surface area contributed by atoms with Gasteiger partial charge in [-0.3, -0.25) is 9.89 Å². The molecule has 1 fully saturated rings. The van der Waals surface area contributed by atoms with Crippen LogP contribution in [0.5, 0.6) is 0 Å². The van der Waals surface area contributed by atoms with Crippen LogP contribution in [0.1, 0.15) is 19.8 Å². The molecule has 1 saturated heterocycles. The summed E-state index contributed by atoms with van der Waals surface area (Å²) >= 11 is 0. The number of H-pyrrole nitrogens is 1. The fourth-order valence-electron chi connectivity index (χ4n) is 2.14. The zero-order valence-corrected chi connectivity index (χ0v) is 11.5. The van der Waals surface area contributed by atoms with Crippen LogP contribution in [0.2, 0.25) is 0 Å². The third-order valence-corrected chi connectivity index (χ3v) is 4.95. The predicted molar refractivity (Wildman–Crippen MR) is 66.7 cm³/mol. The van der Waals surface area contributed by atoms with Crippen LogP contribution >= 0.6 is 0 Å². The van der Waals surface area contributed by atoms with Crippen molar-refractivity contribution in [2.24, 2.45) is 5.92 Å². The van der Waals surface area contributed by atoms with Gasteiger partial charge in [-0.05, 0) is 19.8 Å². The summed E-state index contributed by atoms with van der Waals surface area (Å²) in [7, 11) is -3.57. The lowest BCUT2D eigenvalue weighted by molar-refractivity contribution is -0.149. The highest BCUT2D eigenvalue weighted by molar-refractivity contribution is 7.89. The zero-order chi connectivity index (χ0) is 13.9. The van der Waals surface area contributed by atoms with E-state index in [1.165, 1.54) is 16.7 Å². The average molecular weight is 287 g/mol. The summed E-state index contributed by atoms with van der Waals surface area (Å²) in [4.78, 5) is 11.8. The summed E-state index contributed by atoms with van der Waals surface area (Å²) in [5, 5.41) is 6.13. The van der Waals surface area contributed by atoms with E-state index < -0.39 is 10.0 Å². The Hall–Kier alpha value is -1.41. The molecular weight excluding hydrogens is 270 g/mol. The van der Waals surface area contributed by atoms with Gasteiger partial charge in [0.05, 0.1) is 18.7 Å². The van der Waals surface area contributed by atoms with Crippen LogP contribution in [0.15, 0.2) is 17.3 Å². The standard InChI is InChI=1S/C11H17N3O4S/c1-2-18-11(15)9-4-3-5-14(8-9)19(16,17)10-6-12-13-7-10/h6-7,9H,2-5,8H2,1H3,(H,12,13)/t9-/m0/s1. The smallest absolute Gasteiger partial charge is 0.310 e. The Bertz CT molecular complexity index is 526. The number of nitrogens with one attached hydrogen (secondary N) is 1. The highest BCUT2D eigenvalue weighted by Gasteiger charge is 2.34. The van der Waals surface area contributed by atoms with Gasteiger partial charge in [-0.15, -0.1) is 0 Å². The number of piperidine rings is 1. The van der Waals surface area contributed by atoms with Crippen molar-refractivity contribution in [3.63, 3.8) is 0 Å². The Labute approximate surface area is 112 Å². The molecule has 0 unspecified atom stereocenters. The number of aromatic amines is 1. The number of rotatable bonds is 4. The Morgan fingerprint density at radius 1 is 1.63 bits per heavy atom. The molecule has 19 heavy (non-hydrogen) atoms. The molecule has 1 aromatic rings. The fraction of sp³-hybridized carbons (Fsp3) is 0.636. The largest absolute Gasteiger partial charge is 0.466 e. The van der Waals surface area contributed by atoms with Gasteiger partial charge in [0, 0.05) is 19.3 Å². The lowest BCUT2D eigenvalue weighted by atomic mass is 10.0. The monoisotopic (exact) mass is 287 g/mol. The SMILES string of the molecule is CCOC(=O)[C@H]1CCCN(S(=O)(=O)c2cn[nH]c2)C1. The maximum Gasteiger partial charge on any atom is 0.310 e. The summed E-state index contributed by atoms with van der Waals surface area (Å²) in [6.45, 7) is 2.64. The molecular formula is C11H17N3O4S. The van der Waals surface area contributed by atoms with Crippen molar-refractivity contribution >= 4 is 16.0 Å². The van der Waals surface area contributed by atoms with Crippen LogP contribution in [-0.2, 0) is 19.6 Å². The highest BCUT2D eigenvalue weighted by Crippen LogP contribution is 2.23. The van der Waals surface area contributed by atoms with Gasteiger partial charge in [-0.1, -0.05) is 0 Å². The second kappa shape index (κ2) is 5.70. The van der Waals surface area contributed by atoms with E-state index in [0.717, 1.165) is 0 Å². The maximum atomic E-state index is 12.3. The first-order valence-electron chi connectivity index (χ1n) is 6.21. The third-order valence-electron chi connectivity index (χ3n) is 3.11. The molecule has 0 bridgehead atoms. The summed E-state index contributed by atoms with van der Waals surface area (Å²) in [6.07, 6.45) is 3.92. The van der Waals surface area contributed by atoms with E-state index in [1.807, 2.05) is 0 Å². The van der Waals surface area contributed by atoms with Crippen LogP contribution in [0.25, 0.3) is 0 Å². The molecule has 7 nitrogen and oxygen atoms in total. The molecule has 1 aliphatic rings. The molecule has 0 aliphatic carbocycles. The third kappa shape index (κ3) is 2.95. The van der Waals surface area contributed by atoms with E-state index >= 15 is 0 Å². The van der Waals surface area contributed by atoms with E-state index in [-0.39, 0.29) is 23.3 Å². The van der Waals surface area contributed by atoms with Gasteiger partial charge >= 0.3 is 5.97 Å². The predicted octanol–water partition coefficient (Wildman–Crippen LogP) is 0.373. The van der Waals surface area contributed by atoms with Crippen LogP contribution < -0.4 is 0 Å². The lowest BCUT2D eigenvalue weighted by Gasteiger charge is -2.30. The van der Waals surface area contributed by atoms with Crippen molar-refractivity contribution in [2.75, 3.05) is 19.7 Å². The number of aromatic nitrogens is 2. The fourth-order valence-corrected chi connectivity index (χ4v) is 3.57. The molecule has 2 rings (SSSR count). The van der Waals surface area contributed by atoms with Crippen LogP contribution in [0, 0.1) is 5.92 Å². The number of carbonyl (C=O) groups is 1. The van der Waals surface area contributed by atoms with Crippen LogP contribution in [-0.4, -0.2) is 48.6 Å². The lowest BCUT2D eigenvalue weighted by Crippen LogP contribution is -2.42. The summed E-state index contributed by atoms with van der Waals surface area (Å²) in [5.74, 6) is -0.704. The Morgan fingerprint density at radius 3 is 3.05 bits per heavy atom. The molecule has 0 spiro atoms. The van der Waals surface area contributed by atoms with E-state index in [1.54, 1.807) is 6.92 Å². The summed E-state index contributed by atoms with van der Waals surface area (Å²) in [5.41, 5.74) is 0. The summed E-state index contributed by atoms with van der Waals surface area (Å²) in [6, 6.07) is 0. The van der Waals surface area contributed by atoms with Crippen LogP contribution in [0.4, 0.5) is 0 Å². The maximum absolute atomic E-state index is 12.3. The van der Waals surface area contributed by atoms with Crippen molar-refractivity contribution in [2.45, 2.75) is 24.7 Å².